The lowest BCUT2D eigenvalue weighted by Crippen LogP contribution is -2.40. The average Bonchev–Trinajstić information content (AvgIpc) is 2.46. The highest BCUT2D eigenvalue weighted by atomic mass is 19.4. The van der Waals surface area contributed by atoms with E-state index in [9.17, 15) is 22.8 Å². The van der Waals surface area contributed by atoms with E-state index < -0.39 is 29.5 Å². The molecule has 9 heteroatoms. The Labute approximate surface area is 131 Å². The first-order valence-corrected chi connectivity index (χ1v) is 7.19. The van der Waals surface area contributed by atoms with Gasteiger partial charge < -0.3 is 20.6 Å². The SMILES string of the molecule is CCOC(=O)[C@H]1CC[C@@H](N/C(=C(\C=N)C(=O)O)C(F)(F)F)CC1. The maximum Gasteiger partial charge on any atom is 0.431 e. The van der Waals surface area contributed by atoms with Crippen molar-refractivity contribution in [2.75, 3.05) is 6.61 Å². The first-order valence-electron chi connectivity index (χ1n) is 7.19. The van der Waals surface area contributed by atoms with Gasteiger partial charge >= 0.3 is 18.1 Å². The number of esters is 1. The van der Waals surface area contributed by atoms with E-state index in [4.69, 9.17) is 15.3 Å². The predicted octanol–water partition coefficient (Wildman–Crippen LogP) is 2.25. The van der Waals surface area contributed by atoms with Gasteiger partial charge in [-0.05, 0) is 32.6 Å². The first-order chi connectivity index (χ1) is 10.7. The summed E-state index contributed by atoms with van der Waals surface area (Å²) in [6.45, 7) is 1.93. The number of alkyl halides is 3. The summed E-state index contributed by atoms with van der Waals surface area (Å²) in [7, 11) is 0. The van der Waals surface area contributed by atoms with Crippen molar-refractivity contribution >= 4 is 18.2 Å². The van der Waals surface area contributed by atoms with Crippen LogP contribution in [0.15, 0.2) is 11.3 Å². The lowest BCUT2D eigenvalue weighted by Gasteiger charge is -2.30. The van der Waals surface area contributed by atoms with Crippen molar-refractivity contribution in [1.82, 2.24) is 5.32 Å². The van der Waals surface area contributed by atoms with Crippen molar-refractivity contribution in [3.63, 3.8) is 0 Å². The van der Waals surface area contributed by atoms with E-state index in [0.717, 1.165) is 0 Å². The molecule has 23 heavy (non-hydrogen) atoms. The number of ether oxygens (including phenoxy) is 1. The number of halogens is 3. The van der Waals surface area contributed by atoms with Gasteiger partial charge in [-0.2, -0.15) is 13.2 Å². The number of carbonyl (C=O) groups is 2. The highest BCUT2D eigenvalue weighted by molar-refractivity contribution is 6.08. The number of hydrogen-bond donors (Lipinski definition) is 3. The normalized spacial score (nSPS) is 22.8. The Kier molecular flexibility index (Phi) is 6.59. The Hall–Kier alpha value is -2.06. The number of nitrogens with one attached hydrogen (secondary N) is 2. The third-order valence-electron chi connectivity index (χ3n) is 3.62. The summed E-state index contributed by atoms with van der Waals surface area (Å²) >= 11 is 0. The summed E-state index contributed by atoms with van der Waals surface area (Å²) in [6, 6.07) is -0.605. The van der Waals surface area contributed by atoms with E-state index in [-0.39, 0.29) is 37.6 Å². The zero-order valence-corrected chi connectivity index (χ0v) is 12.6. The van der Waals surface area contributed by atoms with E-state index in [1.165, 1.54) is 0 Å². The van der Waals surface area contributed by atoms with Crippen LogP contribution >= 0.6 is 0 Å². The quantitative estimate of drug-likeness (QED) is 0.392. The van der Waals surface area contributed by atoms with Crippen LogP contribution in [0.2, 0.25) is 0 Å². The number of carboxylic acid groups (broad SMARTS) is 1. The maximum absolute atomic E-state index is 13.0. The van der Waals surface area contributed by atoms with Crippen LogP contribution in [0.4, 0.5) is 13.2 Å². The number of allylic oxidation sites excluding steroid dienone is 1. The fourth-order valence-electron chi connectivity index (χ4n) is 2.49. The highest BCUT2D eigenvalue weighted by Gasteiger charge is 2.40. The number of rotatable bonds is 6. The van der Waals surface area contributed by atoms with Crippen LogP contribution in [-0.4, -0.2) is 42.1 Å². The van der Waals surface area contributed by atoms with Crippen molar-refractivity contribution in [3.05, 3.63) is 11.3 Å². The van der Waals surface area contributed by atoms with Gasteiger partial charge in [0.2, 0.25) is 0 Å². The molecule has 130 valence electrons. The average molecular weight is 336 g/mol. The zero-order chi connectivity index (χ0) is 17.6. The molecule has 3 N–H and O–H groups in total. The maximum atomic E-state index is 13.0. The van der Waals surface area contributed by atoms with Gasteiger partial charge in [-0.3, -0.25) is 4.79 Å². The summed E-state index contributed by atoms with van der Waals surface area (Å²) in [4.78, 5) is 22.5. The molecule has 0 spiro atoms. The van der Waals surface area contributed by atoms with E-state index in [2.05, 4.69) is 5.32 Å². The van der Waals surface area contributed by atoms with Crippen LogP contribution in [0, 0.1) is 11.3 Å². The van der Waals surface area contributed by atoms with E-state index in [1.807, 2.05) is 0 Å². The molecule has 0 radical (unpaired) electrons. The van der Waals surface area contributed by atoms with Gasteiger partial charge in [-0.15, -0.1) is 0 Å². The van der Waals surface area contributed by atoms with Crippen molar-refractivity contribution in [1.29, 1.82) is 5.41 Å². The summed E-state index contributed by atoms with van der Waals surface area (Å²) in [5.41, 5.74) is -2.57. The molecule has 0 saturated heterocycles. The minimum Gasteiger partial charge on any atom is -0.478 e. The molecule has 0 heterocycles. The Morgan fingerprint density at radius 3 is 2.26 bits per heavy atom. The summed E-state index contributed by atoms with van der Waals surface area (Å²) in [6.07, 6.45) is -3.42. The molecule has 1 aliphatic rings. The number of aliphatic carboxylic acids is 1. The van der Waals surface area contributed by atoms with Crippen LogP contribution < -0.4 is 5.32 Å². The van der Waals surface area contributed by atoms with Gasteiger partial charge in [0, 0.05) is 12.3 Å². The van der Waals surface area contributed by atoms with Gasteiger partial charge in [-0.1, -0.05) is 0 Å². The third-order valence-corrected chi connectivity index (χ3v) is 3.62. The number of hydrogen-bond acceptors (Lipinski definition) is 5. The summed E-state index contributed by atoms with van der Waals surface area (Å²) in [5.74, 6) is -2.52. The minimum atomic E-state index is -4.90. The molecule has 0 aromatic heterocycles. The molecule has 0 aromatic rings. The van der Waals surface area contributed by atoms with Crippen LogP contribution in [0.25, 0.3) is 0 Å². The zero-order valence-electron chi connectivity index (χ0n) is 12.6. The molecule has 0 bridgehead atoms. The Morgan fingerprint density at radius 2 is 1.87 bits per heavy atom. The molecule has 1 aliphatic carbocycles. The van der Waals surface area contributed by atoms with E-state index in [0.29, 0.717) is 12.8 Å². The fourth-order valence-corrected chi connectivity index (χ4v) is 2.49. The molecule has 0 aromatic carbocycles. The molecule has 0 amide bonds. The molecule has 1 fully saturated rings. The van der Waals surface area contributed by atoms with Crippen LogP contribution in [-0.2, 0) is 14.3 Å². The molecule has 0 atom stereocenters. The first kappa shape index (κ1) is 19.0. The lowest BCUT2D eigenvalue weighted by atomic mass is 9.86. The fraction of sp³-hybridized carbons (Fsp3) is 0.643. The number of carbonyl (C=O) groups excluding carboxylic acids is 1. The van der Waals surface area contributed by atoms with Gasteiger partial charge in [0.1, 0.15) is 11.3 Å². The second kappa shape index (κ2) is 7.98. The summed E-state index contributed by atoms with van der Waals surface area (Å²) in [5, 5.41) is 17.9. The predicted molar refractivity (Wildman–Crippen MR) is 75.0 cm³/mol. The Morgan fingerprint density at radius 1 is 1.30 bits per heavy atom. The number of carboxylic acids is 1. The molecular weight excluding hydrogens is 317 g/mol. The second-order valence-electron chi connectivity index (χ2n) is 5.18. The highest BCUT2D eigenvalue weighted by Crippen LogP contribution is 2.30. The standard InChI is InChI=1S/C14H19F3N2O4/c1-2-23-13(22)8-3-5-9(6-4-8)19-11(14(15,16)17)10(7-18)12(20)21/h7-9,18-19H,2-6H2,1H3,(H,20,21)/b11-10+,18-7?/t8-,9+. The van der Waals surface area contributed by atoms with Crippen molar-refractivity contribution in [3.8, 4) is 0 Å². The Bertz CT molecular complexity index is 495. The summed E-state index contributed by atoms with van der Waals surface area (Å²) < 4.78 is 43.9. The van der Waals surface area contributed by atoms with E-state index in [1.54, 1.807) is 6.92 Å². The van der Waals surface area contributed by atoms with Gasteiger partial charge in [0.05, 0.1) is 12.5 Å². The lowest BCUT2D eigenvalue weighted by molar-refractivity contribution is -0.149. The van der Waals surface area contributed by atoms with Gasteiger partial charge in [0.15, 0.2) is 0 Å². The van der Waals surface area contributed by atoms with Crippen molar-refractivity contribution in [2.45, 2.75) is 44.8 Å². The largest absolute Gasteiger partial charge is 0.478 e. The third kappa shape index (κ3) is 5.26. The van der Waals surface area contributed by atoms with Gasteiger partial charge in [0.25, 0.3) is 0 Å². The molecular formula is C14H19F3N2O4. The van der Waals surface area contributed by atoms with Crippen LogP contribution in [0.3, 0.4) is 0 Å². The van der Waals surface area contributed by atoms with Crippen molar-refractivity contribution in [2.24, 2.45) is 5.92 Å². The van der Waals surface area contributed by atoms with Crippen molar-refractivity contribution < 1.29 is 32.6 Å². The molecule has 6 nitrogen and oxygen atoms in total. The Balaban J connectivity index is 2.80. The van der Waals surface area contributed by atoms with Gasteiger partial charge in [-0.25, -0.2) is 4.79 Å². The monoisotopic (exact) mass is 336 g/mol. The van der Waals surface area contributed by atoms with Crippen LogP contribution in [0.5, 0.6) is 0 Å². The molecule has 1 rings (SSSR count). The second-order valence-corrected chi connectivity index (χ2v) is 5.18. The minimum absolute atomic E-state index is 0.169. The molecule has 0 aliphatic heterocycles. The topological polar surface area (TPSA) is 99.5 Å². The van der Waals surface area contributed by atoms with Crippen LogP contribution in [0.1, 0.15) is 32.6 Å². The van der Waals surface area contributed by atoms with E-state index >= 15 is 0 Å². The molecule has 0 unspecified atom stereocenters. The molecule has 1 saturated carbocycles. The smallest absolute Gasteiger partial charge is 0.431 e.